The molecule has 0 saturated heterocycles. The maximum Gasteiger partial charge on any atom is 0.317 e. The van der Waals surface area contributed by atoms with E-state index in [9.17, 15) is 4.79 Å². The Hall–Kier alpha value is -2.40. The summed E-state index contributed by atoms with van der Waals surface area (Å²) in [6.07, 6.45) is 3.22. The molecule has 0 amide bonds. The number of carboxylic acid groups (broad SMARTS) is 1. The van der Waals surface area contributed by atoms with Crippen molar-refractivity contribution < 1.29 is 14.3 Å². The molecule has 0 spiro atoms. The molecule has 0 radical (unpaired) electrons. The van der Waals surface area contributed by atoms with Crippen molar-refractivity contribution in [1.82, 2.24) is 9.88 Å². The van der Waals surface area contributed by atoms with Crippen LogP contribution in [0.3, 0.4) is 0 Å². The van der Waals surface area contributed by atoms with Crippen LogP contribution >= 0.6 is 0 Å². The number of aliphatic carboxylic acids is 1. The van der Waals surface area contributed by atoms with Crippen molar-refractivity contribution in [1.29, 1.82) is 0 Å². The predicted molar refractivity (Wildman–Crippen MR) is 75.0 cm³/mol. The lowest BCUT2D eigenvalue weighted by Crippen LogP contribution is -2.29. The Morgan fingerprint density at radius 3 is 2.80 bits per heavy atom. The molecule has 5 heteroatoms. The molecule has 5 nitrogen and oxygen atoms in total. The molecular weight excluding hydrogens is 256 g/mol. The highest BCUT2D eigenvalue weighted by molar-refractivity contribution is 5.69. The van der Waals surface area contributed by atoms with E-state index in [1.54, 1.807) is 17.2 Å². The molecule has 0 atom stereocenters. The van der Waals surface area contributed by atoms with Crippen LogP contribution in [0.5, 0.6) is 0 Å². The second-order valence-corrected chi connectivity index (χ2v) is 4.36. The summed E-state index contributed by atoms with van der Waals surface area (Å²) in [4.78, 5) is 16.9. The molecule has 20 heavy (non-hydrogen) atoms. The second kappa shape index (κ2) is 6.68. The highest BCUT2D eigenvalue weighted by Crippen LogP contribution is 2.18. The van der Waals surface area contributed by atoms with E-state index >= 15 is 0 Å². The van der Waals surface area contributed by atoms with Gasteiger partial charge in [0, 0.05) is 18.7 Å². The van der Waals surface area contributed by atoms with E-state index in [1.165, 1.54) is 0 Å². The van der Waals surface area contributed by atoms with E-state index in [2.05, 4.69) is 11.6 Å². The molecule has 1 aromatic heterocycles. The van der Waals surface area contributed by atoms with Crippen LogP contribution in [0.1, 0.15) is 5.69 Å². The van der Waals surface area contributed by atoms with Crippen LogP contribution in [0.25, 0.3) is 11.5 Å². The molecule has 0 aliphatic heterocycles. The number of hydrogen-bond acceptors (Lipinski definition) is 4. The fraction of sp³-hybridized carbons (Fsp3) is 0.200. The monoisotopic (exact) mass is 272 g/mol. The van der Waals surface area contributed by atoms with Crippen LogP contribution < -0.4 is 0 Å². The molecular formula is C15H16N2O3. The Bertz CT molecular complexity index is 578. The van der Waals surface area contributed by atoms with Gasteiger partial charge in [0.15, 0.2) is 0 Å². The molecule has 0 bridgehead atoms. The number of nitrogens with zero attached hydrogens (tertiary/aromatic N) is 2. The number of carboxylic acids is 1. The Balaban J connectivity index is 2.08. The number of rotatable bonds is 7. The van der Waals surface area contributed by atoms with Crippen LogP contribution in [0.2, 0.25) is 0 Å². The summed E-state index contributed by atoms with van der Waals surface area (Å²) < 4.78 is 5.42. The quantitative estimate of drug-likeness (QED) is 0.784. The van der Waals surface area contributed by atoms with Crippen molar-refractivity contribution in [3.63, 3.8) is 0 Å². The lowest BCUT2D eigenvalue weighted by Gasteiger charge is -2.16. The lowest BCUT2D eigenvalue weighted by molar-refractivity contribution is -0.138. The Kier molecular flexibility index (Phi) is 4.68. The summed E-state index contributed by atoms with van der Waals surface area (Å²) in [5.74, 6) is -0.340. The third kappa shape index (κ3) is 3.80. The molecule has 0 unspecified atom stereocenters. The van der Waals surface area contributed by atoms with Gasteiger partial charge in [-0.3, -0.25) is 9.69 Å². The molecule has 2 aromatic rings. The summed E-state index contributed by atoms with van der Waals surface area (Å²) in [5, 5.41) is 8.85. The average Bonchev–Trinajstić information content (AvgIpc) is 2.88. The van der Waals surface area contributed by atoms with Gasteiger partial charge in [-0.25, -0.2) is 4.98 Å². The van der Waals surface area contributed by atoms with Crippen LogP contribution in [-0.4, -0.2) is 34.0 Å². The van der Waals surface area contributed by atoms with Gasteiger partial charge in [0.2, 0.25) is 5.89 Å². The maximum atomic E-state index is 10.8. The molecule has 0 fully saturated rings. The zero-order chi connectivity index (χ0) is 14.4. The Labute approximate surface area is 117 Å². The Morgan fingerprint density at radius 1 is 1.40 bits per heavy atom. The largest absolute Gasteiger partial charge is 0.480 e. The first-order valence-corrected chi connectivity index (χ1v) is 6.24. The lowest BCUT2D eigenvalue weighted by atomic mass is 10.2. The van der Waals surface area contributed by atoms with Gasteiger partial charge in [-0.15, -0.1) is 6.58 Å². The first-order chi connectivity index (χ1) is 9.69. The SMILES string of the molecule is C=CCN(CC(=O)O)Cc1coc(-c2ccccc2)n1. The minimum absolute atomic E-state index is 0.0560. The van der Waals surface area contributed by atoms with Crippen molar-refractivity contribution in [3.8, 4) is 11.5 Å². The fourth-order valence-corrected chi connectivity index (χ4v) is 1.88. The van der Waals surface area contributed by atoms with Gasteiger partial charge in [-0.2, -0.15) is 0 Å². The van der Waals surface area contributed by atoms with Crippen molar-refractivity contribution in [2.24, 2.45) is 0 Å². The smallest absolute Gasteiger partial charge is 0.317 e. The van der Waals surface area contributed by atoms with Crippen LogP contribution in [0.4, 0.5) is 0 Å². The summed E-state index contributed by atoms with van der Waals surface area (Å²) in [6, 6.07) is 9.57. The van der Waals surface area contributed by atoms with E-state index in [1.807, 2.05) is 30.3 Å². The first kappa shape index (κ1) is 14.0. The summed E-state index contributed by atoms with van der Waals surface area (Å²) in [7, 11) is 0. The zero-order valence-electron chi connectivity index (χ0n) is 11.0. The van der Waals surface area contributed by atoms with Crippen LogP contribution in [0, 0.1) is 0 Å². The number of carbonyl (C=O) groups is 1. The first-order valence-electron chi connectivity index (χ1n) is 6.24. The molecule has 104 valence electrons. The number of oxazole rings is 1. The third-order valence-electron chi connectivity index (χ3n) is 2.70. The summed E-state index contributed by atoms with van der Waals surface area (Å²) >= 11 is 0. The van der Waals surface area contributed by atoms with E-state index in [-0.39, 0.29) is 6.54 Å². The second-order valence-electron chi connectivity index (χ2n) is 4.36. The molecule has 0 saturated carbocycles. The van der Waals surface area contributed by atoms with Crippen molar-refractivity contribution in [3.05, 3.63) is 54.9 Å². The highest BCUT2D eigenvalue weighted by Gasteiger charge is 2.12. The molecule has 1 heterocycles. The highest BCUT2D eigenvalue weighted by atomic mass is 16.4. The van der Waals surface area contributed by atoms with E-state index in [0.29, 0.717) is 24.7 Å². The van der Waals surface area contributed by atoms with Gasteiger partial charge >= 0.3 is 5.97 Å². The molecule has 1 aromatic carbocycles. The standard InChI is InChI=1S/C15H16N2O3/c1-2-8-17(10-14(18)19)9-13-11-20-15(16-13)12-6-4-3-5-7-12/h2-7,11H,1,8-10H2,(H,18,19). The summed E-state index contributed by atoms with van der Waals surface area (Å²) in [6.45, 7) is 4.47. The molecule has 2 rings (SSSR count). The molecule has 0 aliphatic carbocycles. The topological polar surface area (TPSA) is 66.6 Å². The maximum absolute atomic E-state index is 10.8. The normalized spacial score (nSPS) is 10.7. The average molecular weight is 272 g/mol. The van der Waals surface area contributed by atoms with Crippen molar-refractivity contribution >= 4 is 5.97 Å². The van der Waals surface area contributed by atoms with Gasteiger partial charge in [0.25, 0.3) is 0 Å². The fourth-order valence-electron chi connectivity index (χ4n) is 1.88. The minimum Gasteiger partial charge on any atom is -0.480 e. The van der Waals surface area contributed by atoms with Crippen molar-refractivity contribution in [2.75, 3.05) is 13.1 Å². The third-order valence-corrected chi connectivity index (χ3v) is 2.70. The Morgan fingerprint density at radius 2 is 2.15 bits per heavy atom. The van der Waals surface area contributed by atoms with Crippen LogP contribution in [-0.2, 0) is 11.3 Å². The van der Waals surface area contributed by atoms with Gasteiger partial charge in [0.05, 0.1) is 12.2 Å². The van der Waals surface area contributed by atoms with Gasteiger partial charge in [-0.1, -0.05) is 24.3 Å². The van der Waals surface area contributed by atoms with Gasteiger partial charge in [-0.05, 0) is 12.1 Å². The number of aromatic nitrogens is 1. The van der Waals surface area contributed by atoms with Gasteiger partial charge < -0.3 is 9.52 Å². The number of benzene rings is 1. The van der Waals surface area contributed by atoms with Gasteiger partial charge in [0.1, 0.15) is 6.26 Å². The van der Waals surface area contributed by atoms with E-state index < -0.39 is 5.97 Å². The van der Waals surface area contributed by atoms with E-state index in [4.69, 9.17) is 9.52 Å². The van der Waals surface area contributed by atoms with Crippen molar-refractivity contribution in [2.45, 2.75) is 6.54 Å². The number of hydrogen-bond donors (Lipinski definition) is 1. The zero-order valence-corrected chi connectivity index (χ0v) is 11.0. The summed E-state index contributed by atoms with van der Waals surface area (Å²) in [5.41, 5.74) is 1.60. The van der Waals surface area contributed by atoms with Crippen LogP contribution in [0.15, 0.2) is 53.7 Å². The van der Waals surface area contributed by atoms with E-state index in [0.717, 1.165) is 5.56 Å². The predicted octanol–water partition coefficient (Wildman–Crippen LogP) is 2.41. The molecule has 1 N–H and O–H groups in total. The minimum atomic E-state index is -0.876. The molecule has 0 aliphatic rings.